The summed E-state index contributed by atoms with van der Waals surface area (Å²) < 4.78 is 4.63. The number of halogens is 1. The van der Waals surface area contributed by atoms with Crippen molar-refractivity contribution in [2.45, 2.75) is 6.92 Å². The summed E-state index contributed by atoms with van der Waals surface area (Å²) in [6, 6.07) is 4.47. The van der Waals surface area contributed by atoms with Gasteiger partial charge in [-0.3, -0.25) is 10.1 Å². The zero-order valence-electron chi connectivity index (χ0n) is 14.9. The molecule has 27 heavy (non-hydrogen) atoms. The highest BCUT2D eigenvalue weighted by Crippen LogP contribution is 2.35. The number of hydrogen-bond acceptors (Lipinski definition) is 8. The average molecular weight is 392 g/mol. The van der Waals surface area contributed by atoms with Crippen LogP contribution in [0.2, 0.25) is 5.02 Å². The minimum absolute atomic E-state index is 0.0234. The van der Waals surface area contributed by atoms with Crippen LogP contribution in [0.4, 0.5) is 17.2 Å². The number of hydrogen-bond donors (Lipinski definition) is 0. The van der Waals surface area contributed by atoms with E-state index in [1.54, 1.807) is 6.20 Å². The monoisotopic (exact) mass is 391 g/mol. The van der Waals surface area contributed by atoms with Crippen molar-refractivity contribution in [3.05, 3.63) is 50.9 Å². The number of esters is 1. The fourth-order valence-corrected chi connectivity index (χ4v) is 3.25. The van der Waals surface area contributed by atoms with Crippen LogP contribution in [0.3, 0.4) is 0 Å². The van der Waals surface area contributed by atoms with E-state index in [9.17, 15) is 14.9 Å². The van der Waals surface area contributed by atoms with Gasteiger partial charge in [0.05, 0.1) is 22.6 Å². The summed E-state index contributed by atoms with van der Waals surface area (Å²) in [4.78, 5) is 35.3. The van der Waals surface area contributed by atoms with Gasteiger partial charge in [0.1, 0.15) is 17.3 Å². The Labute approximate surface area is 160 Å². The van der Waals surface area contributed by atoms with Gasteiger partial charge in [-0.1, -0.05) is 11.6 Å². The number of aromatic nitrogens is 2. The quantitative estimate of drug-likeness (QED) is 0.445. The maximum atomic E-state index is 11.8. The number of anilines is 2. The molecule has 3 rings (SSSR count). The Kier molecular flexibility index (Phi) is 5.41. The van der Waals surface area contributed by atoms with Crippen LogP contribution in [-0.4, -0.2) is 54.1 Å². The number of methoxy groups -OCH3 is 1. The molecule has 10 heteroatoms. The number of nitrogens with zero attached hydrogens (tertiary/aromatic N) is 5. The van der Waals surface area contributed by atoms with E-state index in [4.69, 9.17) is 11.6 Å². The van der Waals surface area contributed by atoms with Gasteiger partial charge < -0.3 is 14.5 Å². The van der Waals surface area contributed by atoms with Gasteiger partial charge in [0.25, 0.3) is 5.69 Å². The summed E-state index contributed by atoms with van der Waals surface area (Å²) >= 11 is 6.16. The molecule has 0 radical (unpaired) electrons. The molecule has 1 aromatic carbocycles. The number of carbonyl (C=O) groups is 1. The number of benzene rings is 1. The lowest BCUT2D eigenvalue weighted by atomic mass is 10.1. The van der Waals surface area contributed by atoms with Crippen molar-refractivity contribution < 1.29 is 14.5 Å². The first-order valence-corrected chi connectivity index (χ1v) is 8.64. The van der Waals surface area contributed by atoms with E-state index in [1.807, 2.05) is 17.9 Å². The fraction of sp³-hybridized carbons (Fsp3) is 0.353. The SMILES string of the molecule is COC(=O)c1cc([N+](=O)[O-])c(N2CCN(c3ccnc(C)n3)CC2)cc1Cl. The van der Waals surface area contributed by atoms with Crippen LogP contribution in [0.15, 0.2) is 24.4 Å². The predicted molar refractivity (Wildman–Crippen MR) is 101 cm³/mol. The largest absolute Gasteiger partial charge is 0.465 e. The predicted octanol–water partition coefficient (Wildman–Crippen LogP) is 2.46. The Bertz CT molecular complexity index is 884. The van der Waals surface area contributed by atoms with E-state index in [0.717, 1.165) is 5.82 Å². The third-order valence-electron chi connectivity index (χ3n) is 4.37. The van der Waals surface area contributed by atoms with Gasteiger partial charge in [-0.2, -0.15) is 0 Å². The first-order valence-electron chi connectivity index (χ1n) is 8.26. The number of carbonyl (C=O) groups excluding carboxylic acids is 1. The second kappa shape index (κ2) is 7.75. The third-order valence-corrected chi connectivity index (χ3v) is 4.68. The molecule has 142 valence electrons. The number of piperazine rings is 1. The smallest absolute Gasteiger partial charge is 0.339 e. The van der Waals surface area contributed by atoms with Crippen LogP contribution >= 0.6 is 11.6 Å². The molecule has 0 unspecified atom stereocenters. The van der Waals surface area contributed by atoms with E-state index in [-0.39, 0.29) is 16.3 Å². The van der Waals surface area contributed by atoms with Crippen molar-refractivity contribution in [1.82, 2.24) is 9.97 Å². The molecule has 0 saturated carbocycles. The number of ether oxygens (including phenoxy) is 1. The molecule has 0 atom stereocenters. The summed E-state index contributed by atoms with van der Waals surface area (Å²) in [6.07, 6.45) is 1.71. The van der Waals surface area contributed by atoms with Crippen molar-refractivity contribution in [3.8, 4) is 0 Å². The molecule has 1 fully saturated rings. The summed E-state index contributed by atoms with van der Waals surface area (Å²) in [5, 5.41) is 11.6. The molecule has 0 N–H and O–H groups in total. The fourth-order valence-electron chi connectivity index (χ4n) is 3.01. The minimum atomic E-state index is -0.710. The Morgan fingerprint density at radius 1 is 1.26 bits per heavy atom. The molecule has 1 aromatic heterocycles. The Morgan fingerprint density at radius 3 is 2.52 bits per heavy atom. The third kappa shape index (κ3) is 3.92. The van der Waals surface area contributed by atoms with Crippen LogP contribution in [0.1, 0.15) is 16.2 Å². The summed E-state index contributed by atoms with van der Waals surface area (Å²) in [6.45, 7) is 4.22. The molecule has 1 aliphatic heterocycles. The second-order valence-electron chi connectivity index (χ2n) is 6.01. The lowest BCUT2D eigenvalue weighted by molar-refractivity contribution is -0.384. The minimum Gasteiger partial charge on any atom is -0.465 e. The van der Waals surface area contributed by atoms with Gasteiger partial charge in [-0.05, 0) is 19.1 Å². The van der Waals surface area contributed by atoms with Gasteiger partial charge in [0, 0.05) is 38.4 Å². The maximum absolute atomic E-state index is 11.8. The molecule has 0 amide bonds. The molecular weight excluding hydrogens is 374 g/mol. The highest BCUT2D eigenvalue weighted by atomic mass is 35.5. The molecular formula is C17H18ClN5O4. The molecule has 2 aromatic rings. The molecule has 0 aliphatic carbocycles. The normalized spacial score (nSPS) is 14.2. The van der Waals surface area contributed by atoms with Crippen LogP contribution in [0, 0.1) is 17.0 Å². The molecule has 1 aliphatic rings. The molecule has 9 nitrogen and oxygen atoms in total. The number of aryl methyl sites for hydroxylation is 1. The van der Waals surface area contributed by atoms with Gasteiger partial charge in [-0.15, -0.1) is 0 Å². The van der Waals surface area contributed by atoms with Crippen LogP contribution in [0.5, 0.6) is 0 Å². The number of nitro benzene ring substituents is 1. The standard InChI is InChI=1S/C17H18ClN5O4/c1-11-19-4-3-16(20-11)22-7-5-21(6-8-22)14-10-13(18)12(17(24)27-2)9-15(14)23(25)26/h3-4,9-10H,5-8H2,1-2H3. The zero-order chi connectivity index (χ0) is 19.6. The molecule has 1 saturated heterocycles. The van der Waals surface area contributed by atoms with E-state index in [2.05, 4.69) is 19.6 Å². The van der Waals surface area contributed by atoms with Crippen molar-refractivity contribution in [2.75, 3.05) is 43.1 Å². The van der Waals surface area contributed by atoms with E-state index >= 15 is 0 Å². The van der Waals surface area contributed by atoms with Gasteiger partial charge >= 0.3 is 5.97 Å². The maximum Gasteiger partial charge on any atom is 0.339 e. The molecule has 0 bridgehead atoms. The molecule has 2 heterocycles. The summed E-state index contributed by atoms with van der Waals surface area (Å²) in [5.74, 6) is 0.810. The number of nitro groups is 1. The zero-order valence-corrected chi connectivity index (χ0v) is 15.6. The van der Waals surface area contributed by atoms with Gasteiger partial charge in [0.2, 0.25) is 0 Å². The van der Waals surface area contributed by atoms with Crippen molar-refractivity contribution >= 4 is 34.8 Å². The number of rotatable bonds is 4. The Hall–Kier alpha value is -2.94. The highest BCUT2D eigenvalue weighted by molar-refractivity contribution is 6.34. The highest BCUT2D eigenvalue weighted by Gasteiger charge is 2.27. The van der Waals surface area contributed by atoms with E-state index in [1.165, 1.54) is 19.2 Å². The van der Waals surface area contributed by atoms with Crippen LogP contribution in [0.25, 0.3) is 0 Å². The summed E-state index contributed by atoms with van der Waals surface area (Å²) in [5.41, 5.74) is 0.187. The average Bonchev–Trinajstić information content (AvgIpc) is 2.67. The van der Waals surface area contributed by atoms with E-state index in [0.29, 0.717) is 37.7 Å². The van der Waals surface area contributed by atoms with Crippen LogP contribution < -0.4 is 9.80 Å². The van der Waals surface area contributed by atoms with E-state index < -0.39 is 10.9 Å². The second-order valence-corrected chi connectivity index (χ2v) is 6.41. The lowest BCUT2D eigenvalue weighted by Gasteiger charge is -2.36. The topological polar surface area (TPSA) is 102 Å². The first kappa shape index (κ1) is 18.8. The Morgan fingerprint density at radius 2 is 1.93 bits per heavy atom. The van der Waals surface area contributed by atoms with Crippen LogP contribution in [-0.2, 0) is 4.74 Å². The van der Waals surface area contributed by atoms with Crippen molar-refractivity contribution in [3.63, 3.8) is 0 Å². The summed E-state index contributed by atoms with van der Waals surface area (Å²) in [7, 11) is 1.20. The Balaban J connectivity index is 1.84. The first-order chi connectivity index (χ1) is 12.9. The lowest BCUT2D eigenvalue weighted by Crippen LogP contribution is -2.47. The molecule has 0 spiro atoms. The van der Waals surface area contributed by atoms with Crippen molar-refractivity contribution in [2.24, 2.45) is 0 Å². The van der Waals surface area contributed by atoms with Gasteiger partial charge in [-0.25, -0.2) is 14.8 Å². The van der Waals surface area contributed by atoms with Gasteiger partial charge in [0.15, 0.2) is 0 Å². The van der Waals surface area contributed by atoms with Crippen molar-refractivity contribution in [1.29, 1.82) is 0 Å².